The number of nitrogens with zero attached hydrogens (tertiary/aromatic N) is 3. The Balaban J connectivity index is 1.34. The molecule has 4 aromatic carbocycles. The smallest absolute Gasteiger partial charge is 0.372 e. The molecule has 6 rings (SSSR count). The highest BCUT2D eigenvalue weighted by molar-refractivity contribution is 7.92. The summed E-state index contributed by atoms with van der Waals surface area (Å²) in [6, 6.07) is 29.2. The van der Waals surface area contributed by atoms with E-state index < -0.39 is 16.0 Å². The molecule has 236 valence electrons. The molecule has 10 heteroatoms. The SMILES string of the molecule is Cc1ccccc1C(=O)N1CCN(c2ccccc2N(CCc2ccccc2)S(=O)(=O)c2ccc3oc(C(=O)O)c(C)c3c2)CC1. The highest BCUT2D eigenvalue weighted by Gasteiger charge is 2.31. The summed E-state index contributed by atoms with van der Waals surface area (Å²) in [5.74, 6) is -1.43. The third kappa shape index (κ3) is 5.95. The summed E-state index contributed by atoms with van der Waals surface area (Å²) in [5, 5.41) is 9.97. The summed E-state index contributed by atoms with van der Waals surface area (Å²) in [4.78, 5) is 29.0. The van der Waals surface area contributed by atoms with E-state index in [2.05, 4.69) is 4.90 Å². The van der Waals surface area contributed by atoms with Crippen LogP contribution in [-0.2, 0) is 16.4 Å². The number of hydrogen-bond donors (Lipinski definition) is 1. The second kappa shape index (κ2) is 12.7. The summed E-state index contributed by atoms with van der Waals surface area (Å²) in [7, 11) is -4.12. The van der Waals surface area contributed by atoms with E-state index in [4.69, 9.17) is 4.42 Å². The van der Waals surface area contributed by atoms with Gasteiger partial charge in [0.1, 0.15) is 5.58 Å². The predicted octanol–water partition coefficient (Wildman–Crippen LogP) is 6.15. The Kier molecular flexibility index (Phi) is 8.55. The highest BCUT2D eigenvalue weighted by atomic mass is 32.2. The van der Waals surface area contributed by atoms with Crippen molar-refractivity contribution in [1.29, 1.82) is 0 Å². The molecule has 0 saturated carbocycles. The number of piperazine rings is 1. The van der Waals surface area contributed by atoms with Crippen LogP contribution in [0.5, 0.6) is 0 Å². The van der Waals surface area contributed by atoms with E-state index >= 15 is 0 Å². The Hall–Kier alpha value is -5.09. The van der Waals surface area contributed by atoms with E-state index in [-0.39, 0.29) is 23.1 Å². The molecule has 2 heterocycles. The zero-order valence-electron chi connectivity index (χ0n) is 25.7. The van der Waals surface area contributed by atoms with Crippen molar-refractivity contribution in [2.45, 2.75) is 25.2 Å². The van der Waals surface area contributed by atoms with Gasteiger partial charge in [-0.15, -0.1) is 0 Å². The lowest BCUT2D eigenvalue weighted by atomic mass is 10.1. The minimum Gasteiger partial charge on any atom is -0.475 e. The average Bonchev–Trinajstić information content (AvgIpc) is 3.41. The molecule has 1 aromatic heterocycles. The zero-order valence-corrected chi connectivity index (χ0v) is 26.5. The summed E-state index contributed by atoms with van der Waals surface area (Å²) >= 11 is 0. The normalized spacial score (nSPS) is 13.6. The number of carboxylic acids is 1. The number of sulfonamides is 1. The molecule has 0 aliphatic carbocycles. The topological polar surface area (TPSA) is 111 Å². The standard InChI is InChI=1S/C36H35N3O6S/c1-25-10-6-7-13-29(25)35(40)38-22-20-37(21-23-38)31-14-8-9-15-32(31)39(19-18-27-11-4-3-5-12-27)46(43,44)28-16-17-33-30(24-28)26(2)34(45-33)36(41)42/h3-17,24H,18-23H2,1-2H3,(H,41,42). The third-order valence-corrected chi connectivity index (χ3v) is 10.4. The van der Waals surface area contributed by atoms with Crippen LogP contribution in [0.1, 0.15) is 37.6 Å². The van der Waals surface area contributed by atoms with Gasteiger partial charge < -0.3 is 19.3 Å². The number of fused-ring (bicyclic) bond motifs is 1. The Morgan fingerprint density at radius 1 is 0.848 bits per heavy atom. The van der Waals surface area contributed by atoms with E-state index in [1.54, 1.807) is 6.92 Å². The van der Waals surface area contributed by atoms with E-state index in [0.717, 1.165) is 16.8 Å². The van der Waals surface area contributed by atoms with Crippen LogP contribution in [0.4, 0.5) is 11.4 Å². The van der Waals surface area contributed by atoms with Gasteiger partial charge in [0.05, 0.1) is 16.3 Å². The summed E-state index contributed by atoms with van der Waals surface area (Å²) < 4.78 is 36.0. The van der Waals surface area contributed by atoms with Crippen LogP contribution in [0.25, 0.3) is 11.0 Å². The van der Waals surface area contributed by atoms with Crippen molar-refractivity contribution in [3.63, 3.8) is 0 Å². The van der Waals surface area contributed by atoms with Crippen molar-refractivity contribution in [3.8, 4) is 0 Å². The van der Waals surface area contributed by atoms with E-state index in [0.29, 0.717) is 60.4 Å². The largest absolute Gasteiger partial charge is 0.475 e. The number of aromatic carboxylic acids is 1. The van der Waals surface area contributed by atoms with Crippen LogP contribution < -0.4 is 9.21 Å². The van der Waals surface area contributed by atoms with E-state index in [1.165, 1.54) is 22.5 Å². The molecule has 0 bridgehead atoms. The fourth-order valence-electron chi connectivity index (χ4n) is 6.01. The molecule has 0 unspecified atom stereocenters. The third-order valence-electron chi connectivity index (χ3n) is 8.57. The molecule has 0 atom stereocenters. The van der Waals surface area contributed by atoms with Crippen molar-refractivity contribution in [2.75, 3.05) is 41.9 Å². The van der Waals surface area contributed by atoms with E-state index in [1.807, 2.05) is 90.7 Å². The van der Waals surface area contributed by atoms with Gasteiger partial charge >= 0.3 is 5.97 Å². The molecule has 1 aliphatic heterocycles. The number of benzene rings is 4. The van der Waals surface area contributed by atoms with Gasteiger partial charge in [0.2, 0.25) is 5.76 Å². The molecule has 1 N–H and O–H groups in total. The van der Waals surface area contributed by atoms with Crippen molar-refractivity contribution in [2.24, 2.45) is 0 Å². The molecule has 5 aromatic rings. The van der Waals surface area contributed by atoms with Gasteiger partial charge in [0.25, 0.3) is 15.9 Å². The second-order valence-electron chi connectivity index (χ2n) is 11.4. The lowest BCUT2D eigenvalue weighted by Crippen LogP contribution is -2.49. The first kappa shape index (κ1) is 30.9. The Bertz CT molecular complexity index is 2010. The van der Waals surface area contributed by atoms with Gasteiger partial charge in [0, 0.05) is 49.2 Å². The molecule has 0 radical (unpaired) electrons. The molecular weight excluding hydrogens is 602 g/mol. The van der Waals surface area contributed by atoms with Gasteiger partial charge in [-0.3, -0.25) is 9.10 Å². The number of aryl methyl sites for hydroxylation is 2. The van der Waals surface area contributed by atoms with Crippen molar-refractivity contribution < 1.29 is 27.5 Å². The van der Waals surface area contributed by atoms with Gasteiger partial charge in [-0.1, -0.05) is 60.7 Å². The maximum Gasteiger partial charge on any atom is 0.372 e. The Morgan fingerprint density at radius 3 is 2.24 bits per heavy atom. The highest BCUT2D eigenvalue weighted by Crippen LogP contribution is 2.36. The fourth-order valence-corrected chi connectivity index (χ4v) is 7.52. The van der Waals surface area contributed by atoms with Crippen molar-refractivity contribution in [3.05, 3.63) is 125 Å². The number of carbonyl (C=O) groups is 2. The molecule has 1 fully saturated rings. The number of rotatable bonds is 9. The van der Waals surface area contributed by atoms with Crippen LogP contribution in [0.2, 0.25) is 0 Å². The Morgan fingerprint density at radius 2 is 1.52 bits per heavy atom. The van der Waals surface area contributed by atoms with Crippen LogP contribution in [0.3, 0.4) is 0 Å². The van der Waals surface area contributed by atoms with Crippen LogP contribution in [0, 0.1) is 13.8 Å². The lowest BCUT2D eigenvalue weighted by Gasteiger charge is -2.38. The van der Waals surface area contributed by atoms with Crippen LogP contribution in [-0.4, -0.2) is 63.0 Å². The zero-order chi connectivity index (χ0) is 32.4. The fraction of sp³-hybridized carbons (Fsp3) is 0.222. The number of furan rings is 1. The predicted molar refractivity (Wildman–Crippen MR) is 178 cm³/mol. The maximum atomic E-state index is 14.5. The molecule has 0 spiro atoms. The van der Waals surface area contributed by atoms with Gasteiger partial charge in [-0.05, 0) is 67.8 Å². The molecule has 1 saturated heterocycles. The van der Waals surface area contributed by atoms with E-state index in [9.17, 15) is 23.1 Å². The quantitative estimate of drug-likeness (QED) is 0.206. The number of para-hydroxylation sites is 2. The monoisotopic (exact) mass is 637 g/mol. The minimum absolute atomic E-state index is 0.00547. The first-order chi connectivity index (χ1) is 22.1. The number of anilines is 2. The number of carboxylic acid groups (broad SMARTS) is 1. The van der Waals surface area contributed by atoms with Crippen LogP contribution in [0.15, 0.2) is 106 Å². The van der Waals surface area contributed by atoms with Crippen molar-refractivity contribution >= 4 is 44.2 Å². The first-order valence-corrected chi connectivity index (χ1v) is 16.6. The molecular formula is C36H35N3O6S. The van der Waals surface area contributed by atoms with Gasteiger partial charge in [-0.25, -0.2) is 13.2 Å². The second-order valence-corrected chi connectivity index (χ2v) is 13.3. The summed E-state index contributed by atoms with van der Waals surface area (Å²) in [6.07, 6.45) is 0.475. The molecule has 46 heavy (non-hydrogen) atoms. The summed E-state index contributed by atoms with van der Waals surface area (Å²) in [6.45, 7) is 5.80. The lowest BCUT2D eigenvalue weighted by molar-refractivity contribution is 0.0663. The van der Waals surface area contributed by atoms with Gasteiger partial charge in [0.15, 0.2) is 0 Å². The number of hydrogen-bond acceptors (Lipinski definition) is 6. The van der Waals surface area contributed by atoms with Gasteiger partial charge in [-0.2, -0.15) is 0 Å². The van der Waals surface area contributed by atoms with Crippen LogP contribution >= 0.6 is 0 Å². The minimum atomic E-state index is -4.12. The maximum absolute atomic E-state index is 14.5. The summed E-state index contributed by atoms with van der Waals surface area (Å²) in [5.41, 5.74) is 4.59. The van der Waals surface area contributed by atoms with Crippen molar-refractivity contribution in [1.82, 2.24) is 4.90 Å². The average molecular weight is 638 g/mol. The number of carbonyl (C=O) groups excluding carboxylic acids is 1. The Labute approximate surface area is 268 Å². The molecule has 1 aliphatic rings. The first-order valence-electron chi connectivity index (χ1n) is 15.2. The number of amides is 1. The molecule has 9 nitrogen and oxygen atoms in total. The molecule has 1 amide bonds.